The Morgan fingerprint density at radius 1 is 0.365 bits per heavy atom. The molecule has 0 saturated carbocycles. The molecule has 0 spiro atoms. The molecular weight excluding hydrogens is 831 g/mol. The van der Waals surface area contributed by atoms with E-state index in [4.69, 9.17) is 4.12 Å². The highest BCUT2D eigenvalue weighted by atomic mass is 31.1. The van der Waals surface area contributed by atoms with E-state index >= 15 is 0 Å². The normalized spacial score (nSPS) is 13.2. The summed E-state index contributed by atoms with van der Waals surface area (Å²) in [7, 11) is -6.42. The highest BCUT2D eigenvalue weighted by Crippen LogP contribution is 2.43. The Morgan fingerprint density at radius 3 is 0.841 bits per heavy atom. The molecule has 63 heavy (non-hydrogen) atoms. The number of hydrogen-bond donors (Lipinski definition) is 0. The van der Waals surface area contributed by atoms with Crippen LogP contribution in [0.1, 0.15) is 116 Å². The minimum atomic E-state index is -2.39. The van der Waals surface area contributed by atoms with Gasteiger partial charge in [0.25, 0.3) is 0 Å². The minimum Gasteiger partial charge on any atom is -0.455 e. The summed E-state index contributed by atoms with van der Waals surface area (Å²) < 4.78 is 7.95. The lowest BCUT2D eigenvalue weighted by molar-refractivity contribution is 0.531. The molecule has 0 atom stereocenters. The zero-order valence-corrected chi connectivity index (χ0v) is 45.4. The Kier molecular flexibility index (Phi) is 14.6. The van der Waals surface area contributed by atoms with Crippen molar-refractivity contribution >= 4 is 64.3 Å². The van der Waals surface area contributed by atoms with Crippen LogP contribution in [0.15, 0.2) is 146 Å². The monoisotopic (exact) mass is 906 g/mol. The molecule has 0 aliphatic heterocycles. The average molecular weight is 907 g/mol. The molecule has 6 rings (SSSR count). The molecule has 0 amide bonds. The van der Waals surface area contributed by atoms with Crippen molar-refractivity contribution < 1.29 is 4.12 Å². The van der Waals surface area contributed by atoms with Crippen LogP contribution >= 0.6 is 15.8 Å². The molecule has 0 bridgehead atoms. The lowest BCUT2D eigenvalue weighted by Crippen LogP contribution is -2.49. The van der Waals surface area contributed by atoms with Crippen molar-refractivity contribution in [2.24, 2.45) is 0 Å². The molecule has 0 aliphatic carbocycles. The first kappa shape index (κ1) is 49.0. The van der Waals surface area contributed by atoms with Crippen molar-refractivity contribution in [3.63, 3.8) is 0 Å². The van der Waals surface area contributed by atoms with Crippen LogP contribution < -0.4 is 31.8 Å². The van der Waals surface area contributed by atoms with Gasteiger partial charge in [0.2, 0.25) is 0 Å². The molecule has 6 aromatic carbocycles. The molecule has 0 aliphatic rings. The summed E-state index contributed by atoms with van der Waals surface area (Å²) in [5, 5.41) is 8.58. The highest BCUT2D eigenvalue weighted by molar-refractivity contribution is 7.80. The summed E-state index contributed by atoms with van der Waals surface area (Å²) in [4.78, 5) is 0. The lowest BCUT2D eigenvalue weighted by Gasteiger charge is -2.39. The molecular formula is C58H76OP2Si2. The van der Waals surface area contributed by atoms with E-state index in [1.165, 1.54) is 65.2 Å². The fourth-order valence-corrected chi connectivity index (χ4v) is 23.5. The molecule has 0 N–H and O–H groups in total. The Bertz CT molecular complexity index is 2200. The topological polar surface area (TPSA) is 9.23 Å². The predicted molar refractivity (Wildman–Crippen MR) is 289 cm³/mol. The van der Waals surface area contributed by atoms with Gasteiger partial charge in [-0.25, -0.2) is 0 Å². The van der Waals surface area contributed by atoms with Gasteiger partial charge in [-0.15, -0.1) is 0 Å². The maximum Gasteiger partial charge on any atom is 0.177 e. The van der Waals surface area contributed by atoms with Gasteiger partial charge >= 0.3 is 0 Å². The van der Waals surface area contributed by atoms with Crippen LogP contribution in [0.4, 0.5) is 0 Å². The zero-order chi connectivity index (χ0) is 46.2. The maximum absolute atomic E-state index is 7.95. The van der Waals surface area contributed by atoms with Crippen LogP contribution in [0.5, 0.6) is 0 Å². The van der Waals surface area contributed by atoms with Crippen molar-refractivity contribution in [2.45, 2.75) is 143 Å². The van der Waals surface area contributed by atoms with Crippen LogP contribution in [0, 0.1) is 0 Å². The molecule has 1 nitrogen and oxygen atoms in total. The van der Waals surface area contributed by atoms with E-state index in [0.717, 1.165) is 12.1 Å². The van der Waals surface area contributed by atoms with Crippen LogP contribution in [0.25, 0.3) is 0 Å². The standard InChI is InChI=1S/C58H76OP2Si2/c1-55(2,3)43-37-51(57(7,8)9)49(53(39-43)60(45-29-21-17-22-30-45)46-31-23-18-24-32-46)41-62(13,14)59-63(15,16)42-50-52(58(10,11)12)38-44(56(4,5)6)40-54(50)61(47-33-25-19-26-34-47)48-35-27-20-28-36-48/h17-40H,41-42H2,1-16H3. The summed E-state index contributed by atoms with van der Waals surface area (Å²) in [5.41, 5.74) is 8.70. The Labute approximate surface area is 388 Å². The minimum absolute atomic E-state index is 0.00389. The van der Waals surface area contributed by atoms with E-state index in [1.807, 2.05) is 0 Å². The summed E-state index contributed by atoms with van der Waals surface area (Å²) >= 11 is 0. The largest absolute Gasteiger partial charge is 0.455 e. The SMILES string of the molecule is CC(C)(C)c1cc(P(c2ccccc2)c2ccccc2)c(C[Si](C)(C)O[Si](C)(C)Cc2c(P(c3ccccc3)c3ccccc3)cc(C(C)(C)C)cc2C(C)(C)C)c(C(C)(C)C)c1. The van der Waals surface area contributed by atoms with Crippen molar-refractivity contribution in [3.8, 4) is 0 Å². The third-order valence-electron chi connectivity index (χ3n) is 12.1. The Balaban J connectivity index is 1.53. The van der Waals surface area contributed by atoms with E-state index in [0.29, 0.717) is 0 Å². The van der Waals surface area contributed by atoms with Crippen molar-refractivity contribution in [3.05, 3.63) is 179 Å². The molecule has 0 fully saturated rings. The lowest BCUT2D eigenvalue weighted by atomic mass is 9.78. The number of hydrogen-bond acceptors (Lipinski definition) is 1. The van der Waals surface area contributed by atoms with E-state index in [-0.39, 0.29) is 21.7 Å². The second-order valence-corrected chi connectivity index (χ2v) is 36.0. The zero-order valence-electron chi connectivity index (χ0n) is 41.6. The molecule has 5 heteroatoms. The molecule has 6 aromatic rings. The van der Waals surface area contributed by atoms with Gasteiger partial charge in [-0.3, -0.25) is 0 Å². The summed E-state index contributed by atoms with van der Waals surface area (Å²) in [5.74, 6) is 0. The molecule has 332 valence electrons. The van der Waals surface area contributed by atoms with Crippen LogP contribution in [-0.4, -0.2) is 16.6 Å². The predicted octanol–water partition coefficient (Wildman–Crippen LogP) is 13.7. The first-order valence-electron chi connectivity index (χ1n) is 23.1. The van der Waals surface area contributed by atoms with Gasteiger partial charge in [-0.1, -0.05) is 217 Å². The summed E-state index contributed by atoms with van der Waals surface area (Å²) in [6, 6.07) is 57.5. The quantitative estimate of drug-likeness (QED) is 0.0878. The fourth-order valence-electron chi connectivity index (χ4n) is 9.12. The first-order chi connectivity index (χ1) is 29.3. The van der Waals surface area contributed by atoms with Gasteiger partial charge in [0.1, 0.15) is 0 Å². The second kappa shape index (κ2) is 18.8. The summed E-state index contributed by atoms with van der Waals surface area (Å²) in [6.45, 7) is 38.8. The van der Waals surface area contributed by atoms with Gasteiger partial charge < -0.3 is 4.12 Å². The van der Waals surface area contributed by atoms with Crippen molar-refractivity contribution in [1.82, 2.24) is 0 Å². The highest BCUT2D eigenvalue weighted by Gasteiger charge is 2.40. The molecule has 0 unspecified atom stereocenters. The second-order valence-electron chi connectivity index (χ2n) is 23.0. The van der Waals surface area contributed by atoms with Gasteiger partial charge in [-0.05, 0) is 153 Å². The van der Waals surface area contributed by atoms with Gasteiger partial charge in [0.15, 0.2) is 16.6 Å². The number of benzene rings is 6. The Morgan fingerprint density at radius 2 is 0.619 bits per heavy atom. The third kappa shape index (κ3) is 12.1. The molecule has 0 aromatic heterocycles. The van der Waals surface area contributed by atoms with Crippen molar-refractivity contribution in [2.75, 3.05) is 0 Å². The van der Waals surface area contributed by atoms with Gasteiger partial charge in [0.05, 0.1) is 0 Å². The van der Waals surface area contributed by atoms with Crippen LogP contribution in [0.3, 0.4) is 0 Å². The number of rotatable bonds is 12. The molecule has 0 radical (unpaired) electrons. The summed E-state index contributed by atoms with van der Waals surface area (Å²) in [6.07, 6.45) is 0. The maximum atomic E-state index is 7.95. The first-order valence-corrected chi connectivity index (χ1v) is 32.0. The Hall–Kier alpha value is -3.43. The third-order valence-corrected chi connectivity index (χ3v) is 23.9. The van der Waals surface area contributed by atoms with Crippen molar-refractivity contribution in [1.29, 1.82) is 0 Å². The van der Waals surface area contributed by atoms with E-state index in [2.05, 4.69) is 255 Å². The van der Waals surface area contributed by atoms with Crippen LogP contribution in [0.2, 0.25) is 26.2 Å². The van der Waals surface area contributed by atoms with E-state index < -0.39 is 32.5 Å². The van der Waals surface area contributed by atoms with Gasteiger partial charge in [0, 0.05) is 0 Å². The molecule has 0 saturated heterocycles. The van der Waals surface area contributed by atoms with E-state index in [9.17, 15) is 0 Å². The average Bonchev–Trinajstić information content (AvgIpc) is 3.18. The van der Waals surface area contributed by atoms with E-state index in [1.54, 1.807) is 0 Å². The smallest absolute Gasteiger partial charge is 0.177 e. The fraction of sp³-hybridized carbons (Fsp3) is 0.379. The molecule has 0 heterocycles. The van der Waals surface area contributed by atoms with Gasteiger partial charge in [-0.2, -0.15) is 0 Å². The van der Waals surface area contributed by atoms with Crippen LogP contribution in [-0.2, 0) is 37.9 Å².